The van der Waals surface area contributed by atoms with E-state index in [-0.39, 0.29) is 12.5 Å². The molecule has 0 atom stereocenters. The number of rotatable bonds is 8. The van der Waals surface area contributed by atoms with Crippen molar-refractivity contribution in [2.75, 3.05) is 20.3 Å². The third kappa shape index (κ3) is 5.53. The highest BCUT2D eigenvalue weighted by atomic mass is 16.5. The lowest BCUT2D eigenvalue weighted by atomic mass is 10.2. The average Bonchev–Trinajstić information content (AvgIpc) is 2.65. The van der Waals surface area contributed by atoms with Gasteiger partial charge in [0.15, 0.2) is 6.61 Å². The molecule has 2 rings (SSSR count). The van der Waals surface area contributed by atoms with Crippen LogP contribution in [0.3, 0.4) is 0 Å². The van der Waals surface area contributed by atoms with Gasteiger partial charge >= 0.3 is 5.97 Å². The van der Waals surface area contributed by atoms with Gasteiger partial charge in [-0.2, -0.15) is 0 Å². The molecule has 0 aliphatic carbocycles. The topological polar surface area (TPSA) is 73.9 Å². The third-order valence-electron chi connectivity index (χ3n) is 3.39. The maximum absolute atomic E-state index is 12.1. The van der Waals surface area contributed by atoms with Crippen molar-refractivity contribution in [1.29, 1.82) is 0 Å². The summed E-state index contributed by atoms with van der Waals surface area (Å²) < 4.78 is 15.5. The molecule has 0 aliphatic heterocycles. The average molecular weight is 343 g/mol. The second-order valence-electron chi connectivity index (χ2n) is 5.13. The normalized spacial score (nSPS) is 10.0. The van der Waals surface area contributed by atoms with Crippen molar-refractivity contribution >= 4 is 11.9 Å². The van der Waals surface area contributed by atoms with Gasteiger partial charge in [0.1, 0.15) is 17.1 Å². The molecule has 2 aromatic carbocycles. The Morgan fingerprint density at radius 2 is 1.76 bits per heavy atom. The molecule has 6 nitrogen and oxygen atoms in total. The number of carbonyl (C=O) groups is 2. The summed E-state index contributed by atoms with van der Waals surface area (Å²) >= 11 is 0. The van der Waals surface area contributed by atoms with Gasteiger partial charge in [-0.3, -0.25) is 4.79 Å². The smallest absolute Gasteiger partial charge is 0.342 e. The van der Waals surface area contributed by atoms with Crippen molar-refractivity contribution in [1.82, 2.24) is 5.32 Å². The number of carbonyl (C=O) groups excluding carboxylic acids is 2. The van der Waals surface area contributed by atoms with Crippen LogP contribution in [0.25, 0.3) is 0 Å². The standard InChI is InChI=1S/C19H21NO5/c1-3-24-17-7-5-4-6-16(17)19(22)25-13-18(21)20-12-14-8-10-15(23-2)11-9-14/h4-11H,3,12-13H2,1-2H3,(H,20,21). The zero-order valence-electron chi connectivity index (χ0n) is 14.3. The highest BCUT2D eigenvalue weighted by Gasteiger charge is 2.14. The molecule has 132 valence electrons. The van der Waals surface area contributed by atoms with Crippen molar-refractivity contribution < 1.29 is 23.8 Å². The summed E-state index contributed by atoms with van der Waals surface area (Å²) in [7, 11) is 1.59. The lowest BCUT2D eigenvalue weighted by Crippen LogP contribution is -2.28. The molecule has 0 spiro atoms. The van der Waals surface area contributed by atoms with E-state index < -0.39 is 5.97 Å². The number of para-hydroxylation sites is 1. The van der Waals surface area contributed by atoms with Crippen LogP contribution < -0.4 is 14.8 Å². The molecular weight excluding hydrogens is 322 g/mol. The molecule has 0 bridgehead atoms. The molecule has 0 heterocycles. The van der Waals surface area contributed by atoms with Crippen LogP contribution >= 0.6 is 0 Å². The lowest BCUT2D eigenvalue weighted by Gasteiger charge is -2.10. The van der Waals surface area contributed by atoms with E-state index in [0.29, 0.717) is 24.5 Å². The molecular formula is C19H21NO5. The van der Waals surface area contributed by atoms with Crippen molar-refractivity contribution in [2.45, 2.75) is 13.5 Å². The summed E-state index contributed by atoms with van der Waals surface area (Å²) in [6, 6.07) is 14.1. The minimum atomic E-state index is -0.594. The van der Waals surface area contributed by atoms with Crippen LogP contribution in [-0.2, 0) is 16.1 Å². The predicted octanol–water partition coefficient (Wildman–Crippen LogP) is 2.57. The van der Waals surface area contributed by atoms with Gasteiger partial charge in [0, 0.05) is 6.54 Å². The molecule has 2 aromatic rings. The van der Waals surface area contributed by atoms with Gasteiger partial charge < -0.3 is 19.5 Å². The monoisotopic (exact) mass is 343 g/mol. The maximum Gasteiger partial charge on any atom is 0.342 e. The Kier molecular flexibility index (Phi) is 6.83. The summed E-state index contributed by atoms with van der Waals surface area (Å²) in [6.07, 6.45) is 0. The van der Waals surface area contributed by atoms with Gasteiger partial charge in [-0.05, 0) is 36.8 Å². The second kappa shape index (κ2) is 9.32. The first-order chi connectivity index (χ1) is 12.1. The van der Waals surface area contributed by atoms with Gasteiger partial charge in [0.25, 0.3) is 5.91 Å². The molecule has 0 unspecified atom stereocenters. The minimum Gasteiger partial charge on any atom is -0.497 e. The van der Waals surface area contributed by atoms with Gasteiger partial charge in [-0.1, -0.05) is 24.3 Å². The minimum absolute atomic E-state index is 0.298. The van der Waals surface area contributed by atoms with E-state index in [1.165, 1.54) is 0 Å². The van der Waals surface area contributed by atoms with Crippen LogP contribution in [0.1, 0.15) is 22.8 Å². The number of ether oxygens (including phenoxy) is 3. The molecule has 25 heavy (non-hydrogen) atoms. The van der Waals surface area contributed by atoms with Gasteiger partial charge in [0.05, 0.1) is 13.7 Å². The Bertz CT molecular complexity index is 712. The molecule has 1 amide bonds. The number of esters is 1. The zero-order valence-corrected chi connectivity index (χ0v) is 14.3. The van der Waals surface area contributed by atoms with E-state index in [2.05, 4.69) is 5.32 Å². The van der Waals surface area contributed by atoms with Gasteiger partial charge in [-0.15, -0.1) is 0 Å². The van der Waals surface area contributed by atoms with E-state index in [4.69, 9.17) is 14.2 Å². The SMILES string of the molecule is CCOc1ccccc1C(=O)OCC(=O)NCc1ccc(OC)cc1. The van der Waals surface area contributed by atoms with Crippen molar-refractivity contribution in [3.8, 4) is 11.5 Å². The highest BCUT2D eigenvalue weighted by Crippen LogP contribution is 2.18. The van der Waals surface area contributed by atoms with Crippen molar-refractivity contribution in [3.63, 3.8) is 0 Å². The molecule has 0 radical (unpaired) electrons. The van der Waals surface area contributed by atoms with E-state index in [0.717, 1.165) is 11.3 Å². The van der Waals surface area contributed by atoms with E-state index in [1.54, 1.807) is 31.4 Å². The third-order valence-corrected chi connectivity index (χ3v) is 3.39. The summed E-state index contributed by atoms with van der Waals surface area (Å²) in [5.41, 5.74) is 1.22. The molecule has 6 heteroatoms. The first-order valence-electron chi connectivity index (χ1n) is 7.92. The number of benzene rings is 2. The van der Waals surface area contributed by atoms with Crippen LogP contribution in [0.2, 0.25) is 0 Å². The maximum atomic E-state index is 12.1. The Morgan fingerprint density at radius 3 is 2.44 bits per heavy atom. The first kappa shape index (κ1) is 18.3. The Balaban J connectivity index is 1.82. The van der Waals surface area contributed by atoms with E-state index >= 15 is 0 Å². The Labute approximate surface area is 146 Å². The lowest BCUT2D eigenvalue weighted by molar-refractivity contribution is -0.124. The fraction of sp³-hybridized carbons (Fsp3) is 0.263. The summed E-state index contributed by atoms with van der Waals surface area (Å²) in [5, 5.41) is 2.69. The van der Waals surface area contributed by atoms with Crippen molar-refractivity contribution in [2.24, 2.45) is 0 Å². The van der Waals surface area contributed by atoms with Gasteiger partial charge in [-0.25, -0.2) is 4.79 Å². The van der Waals surface area contributed by atoms with Crippen LogP contribution in [0, 0.1) is 0 Å². The van der Waals surface area contributed by atoms with Crippen LogP contribution in [-0.4, -0.2) is 32.2 Å². The van der Waals surface area contributed by atoms with E-state index in [1.807, 2.05) is 31.2 Å². The van der Waals surface area contributed by atoms with Crippen molar-refractivity contribution in [3.05, 3.63) is 59.7 Å². The fourth-order valence-electron chi connectivity index (χ4n) is 2.12. The van der Waals surface area contributed by atoms with Gasteiger partial charge in [0.2, 0.25) is 0 Å². The summed E-state index contributed by atoms with van der Waals surface area (Å²) in [4.78, 5) is 23.9. The zero-order chi connectivity index (χ0) is 18.1. The highest BCUT2D eigenvalue weighted by molar-refractivity contribution is 5.93. The molecule has 1 N–H and O–H groups in total. The quantitative estimate of drug-likeness (QED) is 0.746. The van der Waals surface area contributed by atoms with Crippen LogP contribution in [0.15, 0.2) is 48.5 Å². The molecule has 0 saturated heterocycles. The van der Waals surface area contributed by atoms with E-state index in [9.17, 15) is 9.59 Å². The molecule has 0 aliphatic rings. The summed E-state index contributed by atoms with van der Waals surface area (Å²) in [6.45, 7) is 2.26. The number of hydrogen-bond acceptors (Lipinski definition) is 5. The fourth-order valence-corrected chi connectivity index (χ4v) is 2.12. The van der Waals surface area contributed by atoms with Crippen LogP contribution in [0.4, 0.5) is 0 Å². The predicted molar refractivity (Wildman–Crippen MR) is 92.7 cm³/mol. The number of methoxy groups -OCH3 is 1. The molecule has 0 fully saturated rings. The summed E-state index contributed by atoms with van der Waals surface area (Å²) in [5.74, 6) is 0.215. The Morgan fingerprint density at radius 1 is 1.04 bits per heavy atom. The second-order valence-corrected chi connectivity index (χ2v) is 5.13. The number of amides is 1. The number of nitrogens with one attached hydrogen (secondary N) is 1. The first-order valence-corrected chi connectivity index (χ1v) is 7.92. The number of hydrogen-bond donors (Lipinski definition) is 1. The molecule has 0 saturated carbocycles. The van der Waals surface area contributed by atoms with Crippen LogP contribution in [0.5, 0.6) is 11.5 Å². The largest absolute Gasteiger partial charge is 0.497 e. The Hall–Kier alpha value is -3.02. The molecule has 0 aromatic heterocycles.